The number of aromatic hydroxyl groups is 1. The van der Waals surface area contributed by atoms with Crippen molar-refractivity contribution >= 4 is 11.4 Å². The predicted octanol–water partition coefficient (Wildman–Crippen LogP) is 3.79. The van der Waals surface area contributed by atoms with E-state index in [2.05, 4.69) is 40.1 Å². The maximum atomic E-state index is 12.3. The van der Waals surface area contributed by atoms with Gasteiger partial charge in [-0.05, 0) is 31.4 Å². The van der Waals surface area contributed by atoms with Gasteiger partial charge in [-0.2, -0.15) is 5.10 Å². The molecular formula is C24H26N4O2. The third-order valence-corrected chi connectivity index (χ3v) is 5.53. The van der Waals surface area contributed by atoms with Gasteiger partial charge in [-0.25, -0.2) is 4.68 Å². The van der Waals surface area contributed by atoms with Crippen LogP contribution in [0.15, 0.2) is 66.1 Å². The van der Waals surface area contributed by atoms with Crippen LogP contribution in [0.5, 0.6) is 5.75 Å². The topological polar surface area (TPSA) is 70.4 Å². The molecular weight excluding hydrogens is 376 g/mol. The molecule has 6 heteroatoms. The molecule has 2 N–H and O–H groups in total. The molecule has 4 rings (SSSR count). The fourth-order valence-corrected chi connectivity index (χ4v) is 3.93. The van der Waals surface area contributed by atoms with Gasteiger partial charge >= 0.3 is 0 Å². The Balaban J connectivity index is 1.87. The Labute approximate surface area is 176 Å². The molecule has 1 saturated heterocycles. The molecule has 3 aromatic rings. The van der Waals surface area contributed by atoms with Crippen molar-refractivity contribution in [2.24, 2.45) is 0 Å². The van der Waals surface area contributed by atoms with E-state index in [1.54, 1.807) is 11.7 Å². The predicted molar refractivity (Wildman–Crippen MR) is 121 cm³/mol. The highest BCUT2D eigenvalue weighted by molar-refractivity contribution is 5.83. The van der Waals surface area contributed by atoms with E-state index in [1.165, 1.54) is 31.1 Å². The van der Waals surface area contributed by atoms with Crippen LogP contribution < -0.4 is 15.6 Å². The zero-order valence-corrected chi connectivity index (χ0v) is 17.1. The van der Waals surface area contributed by atoms with Gasteiger partial charge in [0.05, 0.1) is 17.6 Å². The van der Waals surface area contributed by atoms with Crippen molar-refractivity contribution in [1.82, 2.24) is 15.1 Å². The smallest absolute Gasteiger partial charge is 0.251 e. The summed E-state index contributed by atoms with van der Waals surface area (Å²) in [5.74, 6) is -0.365. The summed E-state index contributed by atoms with van der Waals surface area (Å²) < 4.78 is 1.55. The van der Waals surface area contributed by atoms with Crippen molar-refractivity contribution in [2.45, 2.75) is 19.3 Å². The third-order valence-electron chi connectivity index (χ3n) is 5.53. The quantitative estimate of drug-likeness (QED) is 0.680. The Morgan fingerprint density at radius 2 is 1.60 bits per heavy atom. The highest BCUT2D eigenvalue weighted by Crippen LogP contribution is 2.35. The summed E-state index contributed by atoms with van der Waals surface area (Å²) in [6.07, 6.45) is 5.02. The van der Waals surface area contributed by atoms with Crippen LogP contribution >= 0.6 is 0 Å². The first-order valence-electron chi connectivity index (χ1n) is 10.2. The second kappa shape index (κ2) is 8.45. The Kier molecular flexibility index (Phi) is 5.57. The number of nitrogens with zero attached hydrogens (tertiary/aromatic N) is 3. The van der Waals surface area contributed by atoms with Crippen molar-refractivity contribution in [3.05, 3.63) is 77.2 Å². The molecule has 0 atom stereocenters. The van der Waals surface area contributed by atoms with Crippen LogP contribution in [0, 0.1) is 0 Å². The Morgan fingerprint density at radius 1 is 1.00 bits per heavy atom. The van der Waals surface area contributed by atoms with Crippen molar-refractivity contribution in [1.29, 1.82) is 0 Å². The molecule has 0 bridgehead atoms. The maximum absolute atomic E-state index is 12.3. The van der Waals surface area contributed by atoms with E-state index in [0.29, 0.717) is 5.70 Å². The van der Waals surface area contributed by atoms with E-state index in [-0.39, 0.29) is 11.4 Å². The monoisotopic (exact) mass is 402 g/mol. The summed E-state index contributed by atoms with van der Waals surface area (Å²) in [5.41, 5.74) is 3.96. The molecule has 2 heterocycles. The number of anilines is 1. The molecule has 2 aromatic carbocycles. The number of hydrogen-bond acceptors (Lipinski definition) is 5. The summed E-state index contributed by atoms with van der Waals surface area (Å²) in [6.45, 7) is 5.92. The number of para-hydroxylation sites is 2. The summed E-state index contributed by atoms with van der Waals surface area (Å²) in [5, 5.41) is 17.6. The zero-order valence-electron chi connectivity index (χ0n) is 17.1. The number of rotatable bonds is 5. The fraction of sp³-hybridized carbons (Fsp3) is 0.250. The number of piperidine rings is 1. The van der Waals surface area contributed by atoms with Crippen molar-refractivity contribution in [3.63, 3.8) is 0 Å². The molecule has 1 aliphatic heterocycles. The van der Waals surface area contributed by atoms with Crippen LogP contribution in [0.1, 0.15) is 25.0 Å². The van der Waals surface area contributed by atoms with Gasteiger partial charge in [0.15, 0.2) is 11.4 Å². The van der Waals surface area contributed by atoms with Gasteiger partial charge in [0.1, 0.15) is 0 Å². The standard InChI is InChI=1S/C24H26N4O2/c1-17(25-2)23-24(30)22(29)16-28(26-23)21-13-7-5-11-19(21)18-10-4-6-12-20(18)27-14-8-3-9-15-27/h4-7,10-13,16,25,29H,1,3,8-9,14-15H2,2H3. The van der Waals surface area contributed by atoms with Crippen LogP contribution in [-0.2, 0) is 0 Å². The summed E-state index contributed by atoms with van der Waals surface area (Å²) >= 11 is 0. The largest absolute Gasteiger partial charge is 0.503 e. The average Bonchev–Trinajstić information content (AvgIpc) is 2.81. The molecule has 0 aliphatic carbocycles. The highest BCUT2D eigenvalue weighted by atomic mass is 16.3. The van der Waals surface area contributed by atoms with Crippen LogP contribution in [0.3, 0.4) is 0 Å². The normalized spacial score (nSPS) is 13.8. The number of nitrogens with one attached hydrogen (secondary N) is 1. The lowest BCUT2D eigenvalue weighted by atomic mass is 9.99. The number of aromatic nitrogens is 2. The van der Waals surface area contributed by atoms with Crippen LogP contribution in [0.2, 0.25) is 0 Å². The van der Waals surface area contributed by atoms with Gasteiger partial charge < -0.3 is 15.3 Å². The second-order valence-corrected chi connectivity index (χ2v) is 7.45. The van der Waals surface area contributed by atoms with E-state index >= 15 is 0 Å². The Bertz CT molecular complexity index is 1130. The lowest BCUT2D eigenvalue weighted by Crippen LogP contribution is -2.29. The van der Waals surface area contributed by atoms with E-state index in [1.807, 2.05) is 30.3 Å². The molecule has 6 nitrogen and oxygen atoms in total. The lowest BCUT2D eigenvalue weighted by Gasteiger charge is -2.31. The number of benzene rings is 2. The Morgan fingerprint density at radius 3 is 2.27 bits per heavy atom. The van der Waals surface area contributed by atoms with Crippen molar-refractivity contribution < 1.29 is 5.11 Å². The van der Waals surface area contributed by atoms with E-state index < -0.39 is 5.43 Å². The van der Waals surface area contributed by atoms with Crippen molar-refractivity contribution in [3.8, 4) is 22.6 Å². The minimum absolute atomic E-state index is 0.0941. The van der Waals surface area contributed by atoms with Gasteiger partial charge in [-0.3, -0.25) is 4.79 Å². The molecule has 0 amide bonds. The number of hydrogen-bond donors (Lipinski definition) is 2. The molecule has 1 fully saturated rings. The highest BCUT2D eigenvalue weighted by Gasteiger charge is 2.19. The van der Waals surface area contributed by atoms with Crippen LogP contribution in [-0.4, -0.2) is 35.0 Å². The Hall–Kier alpha value is -3.54. The van der Waals surface area contributed by atoms with E-state index in [4.69, 9.17) is 0 Å². The maximum Gasteiger partial charge on any atom is 0.251 e. The molecule has 0 unspecified atom stereocenters. The lowest BCUT2D eigenvalue weighted by molar-refractivity contribution is 0.461. The second-order valence-electron chi connectivity index (χ2n) is 7.45. The van der Waals surface area contributed by atoms with Gasteiger partial charge in [-0.1, -0.05) is 43.0 Å². The van der Waals surface area contributed by atoms with Gasteiger partial charge in [0.2, 0.25) is 0 Å². The molecule has 0 radical (unpaired) electrons. The summed E-state index contributed by atoms with van der Waals surface area (Å²) in [4.78, 5) is 14.8. The molecule has 1 aromatic heterocycles. The first-order chi connectivity index (χ1) is 14.6. The SMILES string of the molecule is C=C(NC)c1nn(-c2ccccc2-c2ccccc2N2CCCCC2)cc(O)c1=O. The molecule has 154 valence electrons. The van der Waals surface area contributed by atoms with E-state index in [0.717, 1.165) is 29.9 Å². The van der Waals surface area contributed by atoms with Gasteiger partial charge in [0.25, 0.3) is 5.43 Å². The first kappa shape index (κ1) is 19.8. The fourth-order valence-electron chi connectivity index (χ4n) is 3.93. The average molecular weight is 402 g/mol. The summed E-state index contributed by atoms with van der Waals surface area (Å²) in [7, 11) is 1.67. The third kappa shape index (κ3) is 3.68. The van der Waals surface area contributed by atoms with E-state index in [9.17, 15) is 9.90 Å². The summed E-state index contributed by atoms with van der Waals surface area (Å²) in [6, 6.07) is 16.2. The van der Waals surface area contributed by atoms with Crippen molar-refractivity contribution in [2.75, 3.05) is 25.0 Å². The minimum Gasteiger partial charge on any atom is -0.503 e. The minimum atomic E-state index is -0.545. The molecule has 30 heavy (non-hydrogen) atoms. The molecule has 0 spiro atoms. The van der Waals surface area contributed by atoms with Crippen LogP contribution in [0.25, 0.3) is 22.5 Å². The van der Waals surface area contributed by atoms with Crippen LogP contribution in [0.4, 0.5) is 5.69 Å². The first-order valence-corrected chi connectivity index (χ1v) is 10.2. The molecule has 1 aliphatic rings. The van der Waals surface area contributed by atoms with Gasteiger partial charge in [0, 0.05) is 37.0 Å². The zero-order chi connectivity index (χ0) is 21.1. The molecule has 0 saturated carbocycles. The van der Waals surface area contributed by atoms with Gasteiger partial charge in [-0.15, -0.1) is 0 Å².